The Bertz CT molecular complexity index is 663. The van der Waals surface area contributed by atoms with Gasteiger partial charge in [-0.2, -0.15) is 0 Å². The second-order valence-electron chi connectivity index (χ2n) is 6.81. The number of rotatable bonds is 4. The van der Waals surface area contributed by atoms with Gasteiger partial charge in [0.1, 0.15) is 11.6 Å². The maximum absolute atomic E-state index is 13.3. The number of benzene rings is 1. The molecule has 0 unspecified atom stereocenters. The lowest BCUT2D eigenvalue weighted by Crippen LogP contribution is -2.32. The Hall–Kier alpha value is -1.68. The zero-order chi connectivity index (χ0) is 15.6. The van der Waals surface area contributed by atoms with Gasteiger partial charge >= 0.3 is 0 Å². The average Bonchev–Trinajstić information content (AvgIpc) is 3.28. The lowest BCUT2D eigenvalue weighted by Gasteiger charge is -2.28. The molecule has 1 aromatic heterocycles. The largest absolute Gasteiger partial charge is 0.444 e. The van der Waals surface area contributed by atoms with Crippen LogP contribution in [0.25, 0.3) is 0 Å². The average molecular weight is 314 g/mol. The van der Waals surface area contributed by atoms with Crippen LogP contribution >= 0.6 is 0 Å². The number of halogens is 1. The van der Waals surface area contributed by atoms with Crippen molar-refractivity contribution in [2.45, 2.75) is 57.0 Å². The van der Waals surface area contributed by atoms with Gasteiger partial charge in [0.15, 0.2) is 0 Å². The zero-order valence-electron chi connectivity index (χ0n) is 13.4. The van der Waals surface area contributed by atoms with E-state index < -0.39 is 0 Å². The van der Waals surface area contributed by atoms with Crippen LogP contribution in [0.2, 0.25) is 0 Å². The van der Waals surface area contributed by atoms with Gasteiger partial charge in [-0.15, -0.1) is 0 Å². The molecule has 2 fully saturated rings. The van der Waals surface area contributed by atoms with Gasteiger partial charge in [0.05, 0.1) is 12.2 Å². The van der Waals surface area contributed by atoms with Gasteiger partial charge in [-0.1, -0.05) is 25.0 Å². The fourth-order valence-electron chi connectivity index (χ4n) is 4.13. The van der Waals surface area contributed by atoms with Gasteiger partial charge in [0.2, 0.25) is 5.89 Å². The fourth-order valence-corrected chi connectivity index (χ4v) is 4.13. The summed E-state index contributed by atoms with van der Waals surface area (Å²) >= 11 is 0. The van der Waals surface area contributed by atoms with Crippen LogP contribution in [-0.4, -0.2) is 22.5 Å². The quantitative estimate of drug-likeness (QED) is 0.833. The highest BCUT2D eigenvalue weighted by Crippen LogP contribution is 2.38. The molecule has 1 aliphatic carbocycles. The first-order valence-electron chi connectivity index (χ1n) is 8.74. The summed E-state index contributed by atoms with van der Waals surface area (Å²) in [4.78, 5) is 7.14. The van der Waals surface area contributed by atoms with Gasteiger partial charge in [0.25, 0.3) is 0 Å². The van der Waals surface area contributed by atoms with Crippen molar-refractivity contribution in [3.8, 4) is 0 Å². The molecule has 0 radical (unpaired) electrons. The summed E-state index contributed by atoms with van der Waals surface area (Å²) in [6.07, 6.45) is 10.1. The predicted molar refractivity (Wildman–Crippen MR) is 86.6 cm³/mol. The lowest BCUT2D eigenvalue weighted by atomic mass is 10.1. The summed E-state index contributed by atoms with van der Waals surface area (Å²) in [5.74, 6) is 1.47. The molecule has 23 heavy (non-hydrogen) atoms. The van der Waals surface area contributed by atoms with E-state index in [4.69, 9.17) is 4.42 Å². The Morgan fingerprint density at radius 2 is 2.04 bits per heavy atom. The van der Waals surface area contributed by atoms with E-state index in [9.17, 15) is 4.39 Å². The summed E-state index contributed by atoms with van der Waals surface area (Å²) in [6, 6.07) is 7.72. The van der Waals surface area contributed by atoms with Crippen LogP contribution in [0.15, 0.2) is 34.9 Å². The molecule has 1 aliphatic heterocycles. The third-order valence-corrected chi connectivity index (χ3v) is 5.21. The van der Waals surface area contributed by atoms with E-state index in [2.05, 4.69) is 9.88 Å². The van der Waals surface area contributed by atoms with Crippen molar-refractivity contribution in [3.63, 3.8) is 0 Å². The molecule has 0 spiro atoms. The topological polar surface area (TPSA) is 29.3 Å². The summed E-state index contributed by atoms with van der Waals surface area (Å²) < 4.78 is 19.3. The summed E-state index contributed by atoms with van der Waals surface area (Å²) in [6.45, 7) is 1.16. The second-order valence-corrected chi connectivity index (χ2v) is 6.81. The van der Waals surface area contributed by atoms with Crippen LogP contribution < -0.4 is 0 Å². The first-order chi connectivity index (χ1) is 11.3. The number of likely N-dealkylation sites (tertiary alicyclic amines) is 1. The van der Waals surface area contributed by atoms with E-state index in [1.807, 2.05) is 12.3 Å². The number of hydrogen-bond donors (Lipinski definition) is 0. The molecule has 1 saturated heterocycles. The van der Waals surface area contributed by atoms with Gasteiger partial charge in [0, 0.05) is 12.5 Å². The molecule has 4 heteroatoms. The number of nitrogens with zero attached hydrogens (tertiary/aromatic N) is 2. The lowest BCUT2D eigenvalue weighted by molar-refractivity contribution is 0.159. The highest BCUT2D eigenvalue weighted by atomic mass is 19.1. The maximum Gasteiger partial charge on any atom is 0.211 e. The number of oxazole rings is 1. The van der Waals surface area contributed by atoms with Crippen LogP contribution in [0.4, 0.5) is 4.39 Å². The van der Waals surface area contributed by atoms with E-state index in [-0.39, 0.29) is 5.82 Å². The Morgan fingerprint density at radius 3 is 2.87 bits per heavy atom. The Labute approximate surface area is 136 Å². The molecular formula is C19H23FN2O. The summed E-state index contributed by atoms with van der Waals surface area (Å²) in [7, 11) is 0. The third-order valence-electron chi connectivity index (χ3n) is 5.21. The normalized spacial score (nSPS) is 22.9. The van der Waals surface area contributed by atoms with E-state index in [0.717, 1.165) is 30.2 Å². The molecule has 0 amide bonds. The van der Waals surface area contributed by atoms with E-state index in [1.54, 1.807) is 12.1 Å². The monoisotopic (exact) mass is 314 g/mol. The van der Waals surface area contributed by atoms with Crippen LogP contribution in [0.5, 0.6) is 0 Å². The van der Waals surface area contributed by atoms with Gasteiger partial charge in [-0.25, -0.2) is 9.37 Å². The first-order valence-corrected chi connectivity index (χ1v) is 8.74. The van der Waals surface area contributed by atoms with Crippen LogP contribution in [0, 0.1) is 5.82 Å². The molecule has 0 bridgehead atoms. The first kappa shape index (κ1) is 14.9. The predicted octanol–water partition coefficient (Wildman–Crippen LogP) is 4.48. The molecule has 2 aromatic rings. The maximum atomic E-state index is 13.3. The van der Waals surface area contributed by atoms with Crippen molar-refractivity contribution in [1.29, 1.82) is 0 Å². The minimum absolute atomic E-state index is 0.203. The Kier molecular flexibility index (Phi) is 4.17. The van der Waals surface area contributed by atoms with E-state index >= 15 is 0 Å². The van der Waals surface area contributed by atoms with Crippen molar-refractivity contribution in [3.05, 3.63) is 53.5 Å². The Balaban J connectivity index is 1.48. The molecule has 0 N–H and O–H groups in total. The molecule has 4 rings (SSSR count). The molecule has 2 aliphatic rings. The minimum Gasteiger partial charge on any atom is -0.444 e. The van der Waals surface area contributed by atoms with Crippen molar-refractivity contribution >= 4 is 0 Å². The smallest absolute Gasteiger partial charge is 0.211 e. The van der Waals surface area contributed by atoms with Crippen molar-refractivity contribution in [1.82, 2.24) is 9.88 Å². The number of aromatic nitrogens is 1. The highest BCUT2D eigenvalue weighted by Gasteiger charge is 2.35. The van der Waals surface area contributed by atoms with Crippen LogP contribution in [-0.2, 0) is 6.42 Å². The molecule has 1 atom stereocenters. The summed E-state index contributed by atoms with van der Waals surface area (Å²) in [5, 5.41) is 0. The van der Waals surface area contributed by atoms with Crippen molar-refractivity contribution in [2.75, 3.05) is 6.54 Å². The van der Waals surface area contributed by atoms with Gasteiger partial charge in [-0.05, 0) is 49.9 Å². The SMILES string of the molecule is Fc1cccc(Cc2cnc([C@@H]3CCCN3C3CCCC3)o2)c1. The molecule has 122 valence electrons. The second kappa shape index (κ2) is 6.44. The molecule has 2 heterocycles. The van der Waals surface area contributed by atoms with Crippen LogP contribution in [0.1, 0.15) is 61.8 Å². The molecule has 1 saturated carbocycles. The Morgan fingerprint density at radius 1 is 1.17 bits per heavy atom. The van der Waals surface area contributed by atoms with Crippen LogP contribution in [0.3, 0.4) is 0 Å². The van der Waals surface area contributed by atoms with Crippen molar-refractivity contribution in [2.24, 2.45) is 0 Å². The minimum atomic E-state index is -0.203. The summed E-state index contributed by atoms with van der Waals surface area (Å²) in [5.41, 5.74) is 0.923. The van der Waals surface area contributed by atoms with Gasteiger partial charge in [-0.3, -0.25) is 4.90 Å². The standard InChI is InChI=1S/C19H23FN2O/c20-15-6-3-5-14(11-15)12-17-13-21-19(23-17)18-9-4-10-22(18)16-7-1-2-8-16/h3,5-6,11,13,16,18H,1-2,4,7-10,12H2/t18-/m0/s1. The zero-order valence-corrected chi connectivity index (χ0v) is 13.4. The number of hydrogen-bond acceptors (Lipinski definition) is 3. The van der Waals surface area contributed by atoms with Gasteiger partial charge < -0.3 is 4.42 Å². The highest BCUT2D eigenvalue weighted by molar-refractivity contribution is 5.21. The van der Waals surface area contributed by atoms with E-state index in [1.165, 1.54) is 38.2 Å². The van der Waals surface area contributed by atoms with E-state index in [0.29, 0.717) is 18.5 Å². The molecule has 3 nitrogen and oxygen atoms in total. The van der Waals surface area contributed by atoms with Crippen molar-refractivity contribution < 1.29 is 8.81 Å². The third kappa shape index (κ3) is 3.18. The molecular weight excluding hydrogens is 291 g/mol. The molecule has 1 aromatic carbocycles. The fraction of sp³-hybridized carbons (Fsp3) is 0.526.